The van der Waals surface area contributed by atoms with Gasteiger partial charge in [0.05, 0.1) is 11.6 Å². The molecule has 0 aromatic carbocycles. The van der Waals surface area contributed by atoms with Crippen molar-refractivity contribution in [3.63, 3.8) is 0 Å². The van der Waals surface area contributed by atoms with Gasteiger partial charge in [-0.1, -0.05) is 0 Å². The van der Waals surface area contributed by atoms with E-state index >= 15 is 0 Å². The first-order chi connectivity index (χ1) is 9.70. The lowest BCUT2D eigenvalue weighted by Gasteiger charge is -2.08. The summed E-state index contributed by atoms with van der Waals surface area (Å²) in [7, 11) is 1.95. The van der Waals surface area contributed by atoms with Crippen LogP contribution in [0.3, 0.4) is 0 Å². The van der Waals surface area contributed by atoms with Crippen LogP contribution in [0.4, 0.5) is 0 Å². The second-order valence-electron chi connectivity index (χ2n) is 5.57. The predicted molar refractivity (Wildman–Crippen MR) is 79.0 cm³/mol. The van der Waals surface area contributed by atoms with Crippen LogP contribution in [0.5, 0.6) is 0 Å². The largest absolute Gasteiger partial charge is 0.381 e. The van der Waals surface area contributed by atoms with E-state index in [1.807, 2.05) is 18.7 Å². The maximum Gasteiger partial charge on any atom is 0.158 e. The van der Waals surface area contributed by atoms with Gasteiger partial charge >= 0.3 is 0 Å². The Morgan fingerprint density at radius 2 is 2.20 bits per heavy atom. The number of hydrogen-bond acceptors (Lipinski definition) is 3. The fraction of sp³-hybridized carbons (Fsp3) is 0.714. The minimum atomic E-state index is 0.428. The van der Waals surface area contributed by atoms with Crippen molar-refractivity contribution in [3.05, 3.63) is 11.5 Å². The molecule has 0 aliphatic heterocycles. The molecule has 0 saturated heterocycles. The Kier molecular flexibility index (Phi) is 3.98. The van der Waals surface area contributed by atoms with Gasteiger partial charge in [0.2, 0.25) is 0 Å². The molecular weight excluding hydrogens is 276 g/mol. The average molecular weight is 297 g/mol. The van der Waals surface area contributed by atoms with Gasteiger partial charge in [-0.3, -0.25) is 4.68 Å². The first kappa shape index (κ1) is 13.9. The molecule has 1 saturated carbocycles. The average Bonchev–Trinajstić information content (AvgIpc) is 3.10. The van der Waals surface area contributed by atoms with Crippen LogP contribution in [0.1, 0.15) is 30.8 Å². The fourth-order valence-corrected chi connectivity index (χ4v) is 2.78. The van der Waals surface area contributed by atoms with Gasteiger partial charge in [0, 0.05) is 26.8 Å². The Hall–Kier alpha value is -1.07. The second kappa shape index (κ2) is 5.74. The Morgan fingerprint density at radius 1 is 1.40 bits per heavy atom. The number of hydrogen-bond donors (Lipinski definition) is 0. The molecule has 0 N–H and O–H groups in total. The zero-order valence-corrected chi connectivity index (χ0v) is 12.9. The summed E-state index contributed by atoms with van der Waals surface area (Å²) in [5.74, 6) is 2.17. The van der Waals surface area contributed by atoms with Gasteiger partial charge in [0.1, 0.15) is 11.3 Å². The summed E-state index contributed by atoms with van der Waals surface area (Å²) in [6.07, 6.45) is 3.66. The summed E-state index contributed by atoms with van der Waals surface area (Å²) >= 11 is 6.01. The fourth-order valence-electron chi connectivity index (χ4n) is 2.58. The van der Waals surface area contributed by atoms with Gasteiger partial charge in [0.25, 0.3) is 0 Å². The number of alkyl halides is 1. The van der Waals surface area contributed by atoms with Gasteiger partial charge in [0.15, 0.2) is 5.65 Å². The van der Waals surface area contributed by atoms with Gasteiger partial charge < -0.3 is 9.30 Å². The molecule has 6 heteroatoms. The molecule has 20 heavy (non-hydrogen) atoms. The SMILES string of the molecule is Cc1nn(C)c2c1nc(CCl)n2CCCOCC1CC1. The van der Waals surface area contributed by atoms with Crippen LogP contribution in [0.2, 0.25) is 0 Å². The third-order valence-corrected chi connectivity index (χ3v) is 4.05. The van der Waals surface area contributed by atoms with Crippen LogP contribution in [0.25, 0.3) is 11.2 Å². The first-order valence-corrected chi connectivity index (χ1v) is 7.76. The van der Waals surface area contributed by atoms with Crippen LogP contribution in [-0.4, -0.2) is 32.5 Å². The minimum Gasteiger partial charge on any atom is -0.381 e. The number of rotatable bonds is 7. The van der Waals surface area contributed by atoms with Crippen molar-refractivity contribution in [1.82, 2.24) is 19.3 Å². The molecular formula is C14H21ClN4O. The summed E-state index contributed by atoms with van der Waals surface area (Å²) in [5.41, 5.74) is 2.97. The number of imidazole rings is 1. The van der Waals surface area contributed by atoms with Gasteiger partial charge in [-0.05, 0) is 32.1 Å². The third kappa shape index (κ3) is 2.69. The van der Waals surface area contributed by atoms with Gasteiger partial charge in [-0.15, -0.1) is 11.6 Å². The minimum absolute atomic E-state index is 0.428. The molecule has 1 fully saturated rings. The predicted octanol–water partition coefficient (Wildman–Crippen LogP) is 2.63. The van der Waals surface area contributed by atoms with Crippen molar-refractivity contribution in [2.45, 2.75) is 38.6 Å². The maximum atomic E-state index is 6.01. The topological polar surface area (TPSA) is 44.9 Å². The lowest BCUT2D eigenvalue weighted by molar-refractivity contribution is 0.119. The van der Waals surface area contributed by atoms with E-state index in [-0.39, 0.29) is 0 Å². The van der Waals surface area contributed by atoms with Crippen LogP contribution >= 0.6 is 11.6 Å². The van der Waals surface area contributed by atoms with Crippen molar-refractivity contribution < 1.29 is 4.74 Å². The molecule has 0 spiro atoms. The highest BCUT2D eigenvalue weighted by Gasteiger charge is 2.21. The summed E-state index contributed by atoms with van der Waals surface area (Å²) in [6.45, 7) is 4.58. The van der Waals surface area contributed by atoms with E-state index in [1.165, 1.54) is 12.8 Å². The zero-order valence-electron chi connectivity index (χ0n) is 12.1. The molecule has 0 unspecified atom stereocenters. The molecule has 0 amide bonds. The second-order valence-corrected chi connectivity index (χ2v) is 5.83. The summed E-state index contributed by atoms with van der Waals surface area (Å²) in [5, 5.41) is 4.42. The van der Waals surface area contributed by atoms with Crippen molar-refractivity contribution in [3.8, 4) is 0 Å². The van der Waals surface area contributed by atoms with Crippen molar-refractivity contribution in [2.24, 2.45) is 13.0 Å². The first-order valence-electron chi connectivity index (χ1n) is 7.23. The lowest BCUT2D eigenvalue weighted by Crippen LogP contribution is -2.09. The smallest absolute Gasteiger partial charge is 0.158 e. The van der Waals surface area contributed by atoms with E-state index < -0.39 is 0 Å². The van der Waals surface area contributed by atoms with Crippen molar-refractivity contribution in [2.75, 3.05) is 13.2 Å². The summed E-state index contributed by atoms with van der Waals surface area (Å²) in [4.78, 5) is 4.60. The Balaban J connectivity index is 1.68. The number of halogens is 1. The van der Waals surface area contributed by atoms with E-state index in [0.29, 0.717) is 5.88 Å². The quantitative estimate of drug-likeness (QED) is 0.583. The monoisotopic (exact) mass is 296 g/mol. The van der Waals surface area contributed by atoms with Crippen LogP contribution in [0.15, 0.2) is 0 Å². The van der Waals surface area contributed by atoms with E-state index in [4.69, 9.17) is 16.3 Å². The molecule has 2 heterocycles. The standard InChI is InChI=1S/C14H21ClN4O/c1-10-13-14(18(2)17-10)19(12(8-15)16-13)6-3-7-20-9-11-4-5-11/h11H,3-9H2,1-2H3. The molecule has 1 aliphatic carbocycles. The maximum absolute atomic E-state index is 6.01. The molecule has 1 aliphatic rings. The van der Waals surface area contributed by atoms with Gasteiger partial charge in [-0.2, -0.15) is 5.10 Å². The summed E-state index contributed by atoms with van der Waals surface area (Å²) in [6, 6.07) is 0. The van der Waals surface area contributed by atoms with Crippen LogP contribution in [-0.2, 0) is 24.2 Å². The number of aromatic nitrogens is 4. The molecule has 2 aromatic heterocycles. The number of fused-ring (bicyclic) bond motifs is 1. The van der Waals surface area contributed by atoms with Crippen molar-refractivity contribution in [1.29, 1.82) is 0 Å². The van der Waals surface area contributed by atoms with Gasteiger partial charge in [-0.25, -0.2) is 4.98 Å². The number of ether oxygens (including phenoxy) is 1. The molecule has 110 valence electrons. The lowest BCUT2D eigenvalue weighted by atomic mass is 10.4. The van der Waals surface area contributed by atoms with Crippen LogP contribution in [0, 0.1) is 12.8 Å². The molecule has 0 atom stereocenters. The highest BCUT2D eigenvalue weighted by Crippen LogP contribution is 2.28. The highest BCUT2D eigenvalue weighted by atomic mass is 35.5. The molecule has 0 bridgehead atoms. The number of nitrogens with zero attached hydrogens (tertiary/aromatic N) is 4. The van der Waals surface area contributed by atoms with E-state index in [1.54, 1.807) is 0 Å². The third-order valence-electron chi connectivity index (χ3n) is 3.81. The van der Waals surface area contributed by atoms with E-state index in [0.717, 1.165) is 54.8 Å². The van der Waals surface area contributed by atoms with Crippen LogP contribution < -0.4 is 0 Å². The Bertz CT molecular complexity index is 600. The molecule has 5 nitrogen and oxygen atoms in total. The van der Waals surface area contributed by atoms with Crippen molar-refractivity contribution >= 4 is 22.8 Å². The normalized spacial score (nSPS) is 15.3. The summed E-state index contributed by atoms with van der Waals surface area (Å²) < 4.78 is 9.74. The van der Waals surface area contributed by atoms with E-state index in [2.05, 4.69) is 14.6 Å². The molecule has 0 radical (unpaired) electrons. The highest BCUT2D eigenvalue weighted by molar-refractivity contribution is 6.16. The van der Waals surface area contributed by atoms with E-state index in [9.17, 15) is 0 Å². The Morgan fingerprint density at radius 3 is 2.90 bits per heavy atom. The zero-order chi connectivity index (χ0) is 14.1. The Labute approximate surface area is 123 Å². The number of aryl methyl sites for hydroxylation is 3. The molecule has 3 rings (SSSR count). The molecule has 2 aromatic rings.